The number of primary amides is 1. The Hall–Kier alpha value is -3.76. The first-order valence-electron chi connectivity index (χ1n) is 11.0. The fourth-order valence-electron chi connectivity index (χ4n) is 3.16. The normalized spacial score (nSPS) is 10.5. The van der Waals surface area contributed by atoms with Gasteiger partial charge >= 0.3 is 6.03 Å². The molecule has 0 spiro atoms. The second-order valence-electron chi connectivity index (χ2n) is 7.71. The smallest absolute Gasteiger partial charge is 0.324 e. The van der Waals surface area contributed by atoms with Gasteiger partial charge in [-0.1, -0.05) is 36.4 Å². The van der Waals surface area contributed by atoms with Gasteiger partial charge in [0, 0.05) is 31.4 Å². The maximum absolute atomic E-state index is 13.0. The molecule has 1 aromatic heterocycles. The van der Waals surface area contributed by atoms with E-state index in [0.29, 0.717) is 25.1 Å². The monoisotopic (exact) mass is 494 g/mol. The van der Waals surface area contributed by atoms with Gasteiger partial charge in [-0.2, -0.15) is 0 Å². The molecule has 2 aromatic carbocycles. The third-order valence-corrected chi connectivity index (χ3v) is 5.74. The van der Waals surface area contributed by atoms with Gasteiger partial charge in [-0.15, -0.1) is 11.3 Å². The summed E-state index contributed by atoms with van der Waals surface area (Å²) >= 11 is 1.46. The minimum absolute atomic E-state index is 0.204. The van der Waals surface area contributed by atoms with Crippen LogP contribution < -0.4 is 21.5 Å². The molecule has 0 saturated heterocycles. The Balaban J connectivity index is 1.58. The molecule has 0 bridgehead atoms. The second-order valence-corrected chi connectivity index (χ2v) is 8.42. The summed E-state index contributed by atoms with van der Waals surface area (Å²) < 4.78 is 5.24. The molecule has 3 aromatic rings. The van der Waals surface area contributed by atoms with Gasteiger partial charge < -0.3 is 21.5 Å². The predicted octanol–water partition coefficient (Wildman–Crippen LogP) is 2.19. The number of nitrogens with one attached hydrogen (secondary N) is 1. The van der Waals surface area contributed by atoms with Gasteiger partial charge in [-0.05, 0) is 35.2 Å². The van der Waals surface area contributed by atoms with Crippen molar-refractivity contribution < 1.29 is 19.1 Å². The van der Waals surface area contributed by atoms with Crippen molar-refractivity contribution in [2.75, 3.05) is 13.2 Å². The lowest BCUT2D eigenvalue weighted by Crippen LogP contribution is -2.45. The fourth-order valence-corrected chi connectivity index (χ4v) is 3.75. The molecule has 35 heavy (non-hydrogen) atoms. The van der Waals surface area contributed by atoms with E-state index in [9.17, 15) is 14.4 Å². The first-order valence-corrected chi connectivity index (χ1v) is 12.0. The molecule has 3 rings (SSSR count). The number of nitrogens with zero attached hydrogens (tertiary/aromatic N) is 2. The van der Waals surface area contributed by atoms with Gasteiger partial charge in [0.15, 0.2) is 6.61 Å². The van der Waals surface area contributed by atoms with Crippen LogP contribution in [0.25, 0.3) is 0 Å². The molecule has 4 amide bonds. The lowest BCUT2D eigenvalue weighted by atomic mass is 10.1. The molecule has 0 aliphatic rings. The van der Waals surface area contributed by atoms with Crippen molar-refractivity contribution in [2.45, 2.75) is 25.9 Å². The first-order chi connectivity index (χ1) is 16.9. The van der Waals surface area contributed by atoms with E-state index in [1.54, 1.807) is 29.8 Å². The van der Waals surface area contributed by atoms with Gasteiger partial charge in [-0.25, -0.2) is 9.78 Å². The minimum Gasteiger partial charge on any atom is -0.484 e. The molecule has 1 radical (unpaired) electrons. The van der Waals surface area contributed by atoms with Crippen molar-refractivity contribution in [1.29, 1.82) is 0 Å². The third-order valence-electron chi connectivity index (χ3n) is 5.11. The zero-order chi connectivity index (χ0) is 25.0. The van der Waals surface area contributed by atoms with E-state index in [2.05, 4.69) is 10.3 Å². The standard InChI is InChI=1S/C25H28N5O4S/c26-13-19-1-3-20(4-2-19)14-28-25(33)30(12-11-21-16-35-17-29-21)24(32)10-7-18-5-8-22(9-6-18)34-15-23(27)31/h1-6,8-10,16-17H,7,11-15,26H2,(H2,27,31)(H,28,33). The van der Waals surface area contributed by atoms with E-state index in [0.717, 1.165) is 22.4 Å². The largest absolute Gasteiger partial charge is 0.484 e. The number of amides is 4. The Labute approximate surface area is 208 Å². The van der Waals surface area contributed by atoms with Crippen LogP contribution in [0.4, 0.5) is 4.79 Å². The van der Waals surface area contributed by atoms with E-state index in [4.69, 9.17) is 16.2 Å². The number of hydrogen-bond acceptors (Lipinski definition) is 7. The fraction of sp³-hybridized carbons (Fsp3) is 0.240. The number of carbonyl (C=O) groups excluding carboxylic acids is 3. The van der Waals surface area contributed by atoms with Crippen LogP contribution in [0.3, 0.4) is 0 Å². The Morgan fingerprint density at radius 2 is 1.71 bits per heavy atom. The van der Waals surface area contributed by atoms with Crippen LogP contribution in [0.2, 0.25) is 0 Å². The summed E-state index contributed by atoms with van der Waals surface area (Å²) in [5.41, 5.74) is 16.0. The number of rotatable bonds is 12. The molecular weight excluding hydrogens is 466 g/mol. The number of hydrogen-bond donors (Lipinski definition) is 3. The van der Waals surface area contributed by atoms with Crippen molar-refractivity contribution in [1.82, 2.24) is 15.2 Å². The number of benzene rings is 2. The van der Waals surface area contributed by atoms with Crippen LogP contribution in [-0.2, 0) is 35.5 Å². The maximum atomic E-state index is 13.0. The number of imide groups is 1. The van der Waals surface area contributed by atoms with E-state index < -0.39 is 17.8 Å². The van der Waals surface area contributed by atoms with Crippen LogP contribution in [0, 0.1) is 6.42 Å². The molecule has 183 valence electrons. The SMILES string of the molecule is NCc1ccc(CNC(=O)N(CCc2cscn2)C(=O)[CH]Cc2ccc(OCC(N)=O)cc2)cc1. The summed E-state index contributed by atoms with van der Waals surface area (Å²) in [7, 11) is 0. The molecule has 9 nitrogen and oxygen atoms in total. The van der Waals surface area contributed by atoms with Crippen LogP contribution in [0.15, 0.2) is 59.4 Å². The quantitative estimate of drug-likeness (QED) is 0.353. The maximum Gasteiger partial charge on any atom is 0.324 e. The Morgan fingerprint density at radius 1 is 1.03 bits per heavy atom. The van der Waals surface area contributed by atoms with Gasteiger partial charge in [0.05, 0.1) is 17.6 Å². The first kappa shape index (κ1) is 25.9. The number of aromatic nitrogens is 1. The summed E-state index contributed by atoms with van der Waals surface area (Å²) in [5.74, 6) is -0.454. The number of urea groups is 1. The van der Waals surface area contributed by atoms with E-state index in [1.165, 1.54) is 22.7 Å². The number of carbonyl (C=O) groups is 3. The number of thiazole rings is 1. The summed E-state index contributed by atoms with van der Waals surface area (Å²) in [6.07, 6.45) is 2.26. The molecular formula is C25H28N5O4S. The molecule has 1 heterocycles. The van der Waals surface area contributed by atoms with Gasteiger partial charge in [0.2, 0.25) is 5.91 Å². The predicted molar refractivity (Wildman–Crippen MR) is 133 cm³/mol. The third kappa shape index (κ3) is 8.51. The van der Waals surface area contributed by atoms with E-state index >= 15 is 0 Å². The van der Waals surface area contributed by atoms with Gasteiger partial charge in [0.25, 0.3) is 5.91 Å². The average Bonchev–Trinajstić information content (AvgIpc) is 3.39. The molecule has 0 atom stereocenters. The van der Waals surface area contributed by atoms with E-state index in [1.807, 2.05) is 29.6 Å². The van der Waals surface area contributed by atoms with Crippen molar-refractivity contribution >= 4 is 29.2 Å². The minimum atomic E-state index is -0.559. The van der Waals surface area contributed by atoms with Crippen molar-refractivity contribution in [3.05, 3.63) is 88.2 Å². The van der Waals surface area contributed by atoms with Crippen molar-refractivity contribution in [3.8, 4) is 5.75 Å². The summed E-state index contributed by atoms with van der Waals surface area (Å²) in [6, 6.07) is 14.1. The van der Waals surface area contributed by atoms with E-state index in [-0.39, 0.29) is 19.7 Å². The molecule has 0 aliphatic carbocycles. The molecule has 5 N–H and O–H groups in total. The van der Waals surface area contributed by atoms with Crippen LogP contribution in [-0.4, -0.2) is 40.9 Å². The second kappa shape index (κ2) is 13.2. The zero-order valence-corrected chi connectivity index (χ0v) is 20.0. The summed E-state index contributed by atoms with van der Waals surface area (Å²) in [4.78, 5) is 42.1. The highest BCUT2D eigenvalue weighted by atomic mass is 32.1. The number of ether oxygens (including phenoxy) is 1. The highest BCUT2D eigenvalue weighted by Crippen LogP contribution is 2.14. The molecule has 0 unspecified atom stereocenters. The summed E-state index contributed by atoms with van der Waals surface area (Å²) in [5, 5.41) is 4.71. The zero-order valence-electron chi connectivity index (χ0n) is 19.2. The number of nitrogens with two attached hydrogens (primary N) is 2. The average molecular weight is 495 g/mol. The summed E-state index contributed by atoms with van der Waals surface area (Å²) in [6.45, 7) is 0.739. The Morgan fingerprint density at radius 3 is 2.34 bits per heavy atom. The van der Waals surface area contributed by atoms with Crippen LogP contribution in [0.1, 0.15) is 22.4 Å². The van der Waals surface area contributed by atoms with Crippen LogP contribution >= 0.6 is 11.3 Å². The topological polar surface area (TPSA) is 141 Å². The highest BCUT2D eigenvalue weighted by molar-refractivity contribution is 7.07. The Kier molecular flexibility index (Phi) is 9.76. The van der Waals surface area contributed by atoms with Crippen LogP contribution in [0.5, 0.6) is 5.75 Å². The Bertz CT molecular complexity index is 1100. The molecule has 10 heteroatoms. The molecule has 0 saturated carbocycles. The van der Waals surface area contributed by atoms with Gasteiger partial charge in [0.1, 0.15) is 5.75 Å². The lowest BCUT2D eigenvalue weighted by molar-refractivity contribution is -0.125. The van der Waals surface area contributed by atoms with Crippen molar-refractivity contribution in [3.63, 3.8) is 0 Å². The molecule has 0 aliphatic heterocycles. The van der Waals surface area contributed by atoms with Crippen molar-refractivity contribution in [2.24, 2.45) is 11.5 Å². The highest BCUT2D eigenvalue weighted by Gasteiger charge is 2.21. The lowest BCUT2D eigenvalue weighted by Gasteiger charge is -2.21. The molecule has 0 fully saturated rings. The van der Waals surface area contributed by atoms with Gasteiger partial charge in [-0.3, -0.25) is 14.5 Å².